The highest BCUT2D eigenvalue weighted by molar-refractivity contribution is 7.99. The molecule has 4 nitrogen and oxygen atoms in total. The summed E-state index contributed by atoms with van der Waals surface area (Å²) in [6.45, 7) is 4.11. The van der Waals surface area contributed by atoms with Gasteiger partial charge in [-0.1, -0.05) is 13.8 Å². The second-order valence-corrected chi connectivity index (χ2v) is 6.61. The summed E-state index contributed by atoms with van der Waals surface area (Å²) in [5.74, 6) is 2.81. The van der Waals surface area contributed by atoms with Crippen LogP contribution in [0.15, 0.2) is 0 Å². The monoisotopic (exact) mass is 292 g/mol. The second-order valence-electron chi connectivity index (χ2n) is 3.82. The maximum atomic E-state index is 11.7. The summed E-state index contributed by atoms with van der Waals surface area (Å²) in [5.41, 5.74) is 0. The molecule has 0 N–H and O–H groups in total. The number of ether oxygens (including phenoxy) is 2. The fraction of sp³-hybridized carbons (Fsp3) is 0.833. The third-order valence-corrected chi connectivity index (χ3v) is 4.36. The summed E-state index contributed by atoms with van der Waals surface area (Å²) in [5, 5.41) is 0. The van der Waals surface area contributed by atoms with Gasteiger partial charge in [0.05, 0.1) is 0 Å². The smallest absolute Gasteiger partial charge is 0.348 e. The minimum atomic E-state index is -0.702. The molecular formula is C12H20O4S2. The van der Waals surface area contributed by atoms with E-state index in [0.717, 1.165) is 23.0 Å². The van der Waals surface area contributed by atoms with Crippen LogP contribution >= 0.6 is 23.5 Å². The quantitative estimate of drug-likeness (QED) is 0.504. The van der Waals surface area contributed by atoms with E-state index in [1.807, 2.05) is 0 Å². The van der Waals surface area contributed by atoms with Crippen LogP contribution in [0.5, 0.6) is 0 Å². The molecule has 0 aromatic carbocycles. The molecule has 6 heteroatoms. The Bertz CT molecular complexity index is 255. The van der Waals surface area contributed by atoms with Gasteiger partial charge in [-0.15, -0.1) is 0 Å². The highest BCUT2D eigenvalue weighted by Crippen LogP contribution is 2.19. The average Bonchev–Trinajstić information content (AvgIpc) is 2.35. The molecule has 1 fully saturated rings. The lowest BCUT2D eigenvalue weighted by molar-refractivity contribution is -0.195. The Labute approximate surface area is 117 Å². The zero-order valence-electron chi connectivity index (χ0n) is 10.8. The molecule has 1 saturated heterocycles. The standard InChI is InChI=1S/C12H20O4S2/c1-3-17-7-5-9-11(13)16-10(12(14)15-9)6-8-18-4-2/h9-10H,3-8H2,1-2H3/t9-,10-/m0/s1. The van der Waals surface area contributed by atoms with Crippen molar-refractivity contribution < 1.29 is 19.1 Å². The first-order valence-electron chi connectivity index (χ1n) is 6.25. The highest BCUT2D eigenvalue weighted by Gasteiger charge is 2.37. The van der Waals surface area contributed by atoms with Crippen LogP contribution in [0.2, 0.25) is 0 Å². The first-order chi connectivity index (χ1) is 8.69. The molecule has 0 aliphatic carbocycles. The van der Waals surface area contributed by atoms with Crippen LogP contribution < -0.4 is 0 Å². The van der Waals surface area contributed by atoms with Crippen molar-refractivity contribution in [3.63, 3.8) is 0 Å². The summed E-state index contributed by atoms with van der Waals surface area (Å²) in [7, 11) is 0. The Balaban J connectivity index is 2.34. The van der Waals surface area contributed by atoms with E-state index in [1.54, 1.807) is 23.5 Å². The van der Waals surface area contributed by atoms with Crippen molar-refractivity contribution >= 4 is 35.5 Å². The van der Waals surface area contributed by atoms with E-state index < -0.39 is 24.1 Å². The summed E-state index contributed by atoms with van der Waals surface area (Å²) in [6.07, 6.45) is -0.322. The van der Waals surface area contributed by atoms with E-state index in [0.29, 0.717) is 12.8 Å². The van der Waals surface area contributed by atoms with E-state index in [9.17, 15) is 9.59 Å². The number of cyclic esters (lactones) is 2. The van der Waals surface area contributed by atoms with Gasteiger partial charge in [-0.25, -0.2) is 9.59 Å². The minimum absolute atomic E-state index is 0.391. The molecule has 0 unspecified atom stereocenters. The van der Waals surface area contributed by atoms with Gasteiger partial charge in [-0.3, -0.25) is 0 Å². The fourth-order valence-corrected chi connectivity index (χ4v) is 2.89. The van der Waals surface area contributed by atoms with Crippen LogP contribution in [0.1, 0.15) is 26.7 Å². The van der Waals surface area contributed by atoms with E-state index >= 15 is 0 Å². The topological polar surface area (TPSA) is 52.6 Å². The third-order valence-electron chi connectivity index (χ3n) is 2.50. The largest absolute Gasteiger partial charge is 0.448 e. The van der Waals surface area contributed by atoms with Gasteiger partial charge in [0.25, 0.3) is 0 Å². The molecular weight excluding hydrogens is 272 g/mol. The Kier molecular flexibility index (Phi) is 7.58. The van der Waals surface area contributed by atoms with Gasteiger partial charge < -0.3 is 9.47 Å². The zero-order valence-corrected chi connectivity index (χ0v) is 12.5. The SMILES string of the molecule is CCSCC[C@@H]1OC(=O)[C@H](CCSCC)OC1=O. The zero-order chi connectivity index (χ0) is 13.4. The van der Waals surface area contributed by atoms with Crippen molar-refractivity contribution in [2.75, 3.05) is 23.0 Å². The molecule has 0 aromatic rings. The predicted octanol–water partition coefficient (Wildman–Crippen LogP) is 2.11. The molecule has 104 valence electrons. The van der Waals surface area contributed by atoms with E-state index in [1.165, 1.54) is 0 Å². The maximum absolute atomic E-state index is 11.7. The van der Waals surface area contributed by atoms with E-state index in [4.69, 9.17) is 9.47 Å². The van der Waals surface area contributed by atoms with Crippen LogP contribution in [0.3, 0.4) is 0 Å². The summed E-state index contributed by atoms with van der Waals surface area (Å²) >= 11 is 3.44. The van der Waals surface area contributed by atoms with Crippen molar-refractivity contribution in [1.82, 2.24) is 0 Å². The molecule has 1 aliphatic rings. The Morgan fingerprint density at radius 1 is 0.889 bits per heavy atom. The molecule has 0 saturated carbocycles. The molecule has 1 rings (SSSR count). The number of hydrogen-bond donors (Lipinski definition) is 0. The van der Waals surface area contributed by atoms with Gasteiger partial charge in [0.1, 0.15) is 0 Å². The Morgan fingerprint density at radius 3 is 1.61 bits per heavy atom. The molecule has 0 radical (unpaired) electrons. The van der Waals surface area contributed by atoms with E-state index in [2.05, 4.69) is 13.8 Å². The summed E-state index contributed by atoms with van der Waals surface area (Å²) in [4.78, 5) is 23.3. The van der Waals surface area contributed by atoms with Crippen molar-refractivity contribution in [3.8, 4) is 0 Å². The van der Waals surface area contributed by atoms with Gasteiger partial charge in [0.15, 0.2) is 12.2 Å². The van der Waals surface area contributed by atoms with Gasteiger partial charge in [0.2, 0.25) is 0 Å². The Morgan fingerprint density at radius 2 is 1.28 bits per heavy atom. The molecule has 0 amide bonds. The lowest BCUT2D eigenvalue weighted by Gasteiger charge is -2.27. The van der Waals surface area contributed by atoms with Crippen molar-refractivity contribution in [3.05, 3.63) is 0 Å². The van der Waals surface area contributed by atoms with Crippen molar-refractivity contribution in [2.24, 2.45) is 0 Å². The highest BCUT2D eigenvalue weighted by atomic mass is 32.2. The molecule has 0 aromatic heterocycles. The predicted molar refractivity (Wildman–Crippen MR) is 75.0 cm³/mol. The first-order valence-corrected chi connectivity index (χ1v) is 8.56. The molecule has 0 bridgehead atoms. The molecule has 0 spiro atoms. The number of carbonyl (C=O) groups is 2. The van der Waals surface area contributed by atoms with Gasteiger partial charge in [-0.2, -0.15) is 23.5 Å². The number of carbonyl (C=O) groups excluding carboxylic acids is 2. The molecule has 1 heterocycles. The van der Waals surface area contributed by atoms with Crippen molar-refractivity contribution in [2.45, 2.75) is 38.9 Å². The number of esters is 2. The number of rotatable bonds is 8. The number of hydrogen-bond acceptors (Lipinski definition) is 6. The van der Waals surface area contributed by atoms with Gasteiger partial charge >= 0.3 is 11.9 Å². The molecule has 18 heavy (non-hydrogen) atoms. The lowest BCUT2D eigenvalue weighted by atomic mass is 10.2. The van der Waals surface area contributed by atoms with Crippen LogP contribution in [0.25, 0.3) is 0 Å². The fourth-order valence-electron chi connectivity index (χ4n) is 1.55. The van der Waals surface area contributed by atoms with Crippen LogP contribution in [0, 0.1) is 0 Å². The number of thioether (sulfide) groups is 2. The van der Waals surface area contributed by atoms with Gasteiger partial charge in [0, 0.05) is 12.8 Å². The van der Waals surface area contributed by atoms with Gasteiger partial charge in [-0.05, 0) is 23.0 Å². The summed E-state index contributed by atoms with van der Waals surface area (Å²) < 4.78 is 10.3. The molecule has 2 atom stereocenters. The minimum Gasteiger partial charge on any atom is -0.448 e. The van der Waals surface area contributed by atoms with Crippen LogP contribution in [-0.4, -0.2) is 47.2 Å². The Hall–Kier alpha value is -0.360. The lowest BCUT2D eigenvalue weighted by Crippen LogP contribution is -2.44. The van der Waals surface area contributed by atoms with Crippen molar-refractivity contribution in [1.29, 1.82) is 0 Å². The normalized spacial score (nSPS) is 23.7. The summed E-state index contributed by atoms with van der Waals surface area (Å²) in [6, 6.07) is 0. The van der Waals surface area contributed by atoms with Crippen LogP contribution in [0.4, 0.5) is 0 Å². The van der Waals surface area contributed by atoms with E-state index in [-0.39, 0.29) is 0 Å². The maximum Gasteiger partial charge on any atom is 0.348 e. The second kappa shape index (κ2) is 8.69. The first kappa shape index (κ1) is 15.7. The average molecular weight is 292 g/mol. The third kappa shape index (κ3) is 5.10. The van der Waals surface area contributed by atoms with Crippen LogP contribution in [-0.2, 0) is 19.1 Å². The molecule has 1 aliphatic heterocycles.